The maximum absolute atomic E-state index is 12.0. The Morgan fingerprint density at radius 1 is 0.773 bits per heavy atom. The molecule has 1 aromatic carbocycles. The lowest BCUT2D eigenvalue weighted by atomic mass is 10.1. The first-order valence-corrected chi connectivity index (χ1v) is 8.26. The number of carbonyl (C=O) groups excluding carboxylic acids is 2. The van der Waals surface area contributed by atoms with Gasteiger partial charge in [-0.25, -0.2) is 0 Å². The molecule has 0 spiro atoms. The fourth-order valence-electron chi connectivity index (χ4n) is 3.32. The van der Waals surface area contributed by atoms with Crippen LogP contribution in [0.15, 0.2) is 24.3 Å². The SMILES string of the molecule is O=C(Oc1cccc(OC(=O)C2CCCC2)c1)C1CCCC1. The summed E-state index contributed by atoms with van der Waals surface area (Å²) in [6.07, 6.45) is 8.03. The number of hydrogen-bond acceptors (Lipinski definition) is 4. The zero-order valence-electron chi connectivity index (χ0n) is 12.8. The highest BCUT2D eigenvalue weighted by Gasteiger charge is 2.26. The molecule has 0 aliphatic heterocycles. The Bertz CT molecular complexity index is 495. The van der Waals surface area contributed by atoms with Crippen molar-refractivity contribution in [2.45, 2.75) is 51.4 Å². The lowest BCUT2D eigenvalue weighted by Gasteiger charge is -2.12. The van der Waals surface area contributed by atoms with Crippen LogP contribution in [0.4, 0.5) is 0 Å². The van der Waals surface area contributed by atoms with Gasteiger partial charge >= 0.3 is 11.9 Å². The summed E-state index contributed by atoms with van der Waals surface area (Å²) < 4.78 is 10.8. The lowest BCUT2D eigenvalue weighted by molar-refractivity contribution is -0.139. The van der Waals surface area contributed by atoms with Crippen LogP contribution in [0, 0.1) is 11.8 Å². The Kier molecular flexibility index (Phi) is 4.76. The third kappa shape index (κ3) is 3.67. The van der Waals surface area contributed by atoms with Crippen LogP contribution in [-0.2, 0) is 9.59 Å². The first kappa shape index (κ1) is 15.1. The molecule has 0 heterocycles. The lowest BCUT2D eigenvalue weighted by Crippen LogP contribution is -2.18. The van der Waals surface area contributed by atoms with E-state index < -0.39 is 0 Å². The zero-order chi connectivity index (χ0) is 15.4. The molecule has 4 heteroatoms. The van der Waals surface area contributed by atoms with Crippen LogP contribution in [0.2, 0.25) is 0 Å². The molecule has 0 bridgehead atoms. The average Bonchev–Trinajstić information content (AvgIpc) is 3.21. The van der Waals surface area contributed by atoms with Crippen molar-refractivity contribution in [2.24, 2.45) is 11.8 Å². The van der Waals surface area contributed by atoms with Crippen molar-refractivity contribution in [1.82, 2.24) is 0 Å². The second-order valence-electron chi connectivity index (χ2n) is 6.28. The van der Waals surface area contributed by atoms with Gasteiger partial charge in [-0.15, -0.1) is 0 Å². The van der Waals surface area contributed by atoms with E-state index in [-0.39, 0.29) is 23.8 Å². The molecule has 2 saturated carbocycles. The van der Waals surface area contributed by atoms with Gasteiger partial charge in [-0.3, -0.25) is 9.59 Å². The van der Waals surface area contributed by atoms with Gasteiger partial charge < -0.3 is 9.47 Å². The molecule has 1 aromatic rings. The van der Waals surface area contributed by atoms with Crippen molar-refractivity contribution in [1.29, 1.82) is 0 Å². The van der Waals surface area contributed by atoms with Gasteiger partial charge in [0, 0.05) is 6.07 Å². The quantitative estimate of drug-likeness (QED) is 0.625. The van der Waals surface area contributed by atoms with Gasteiger partial charge in [0.25, 0.3) is 0 Å². The summed E-state index contributed by atoms with van der Waals surface area (Å²) in [4.78, 5) is 24.1. The number of esters is 2. The molecule has 0 unspecified atom stereocenters. The smallest absolute Gasteiger partial charge is 0.314 e. The first-order valence-electron chi connectivity index (χ1n) is 8.26. The van der Waals surface area contributed by atoms with Crippen LogP contribution >= 0.6 is 0 Å². The minimum absolute atomic E-state index is 0.0182. The van der Waals surface area contributed by atoms with Crippen molar-refractivity contribution in [3.05, 3.63) is 24.3 Å². The largest absolute Gasteiger partial charge is 0.426 e. The minimum atomic E-state index is -0.170. The fourth-order valence-corrected chi connectivity index (χ4v) is 3.32. The molecule has 4 nitrogen and oxygen atoms in total. The summed E-state index contributed by atoms with van der Waals surface area (Å²) in [5, 5.41) is 0. The van der Waals surface area contributed by atoms with Crippen LogP contribution in [0.3, 0.4) is 0 Å². The third-order valence-corrected chi connectivity index (χ3v) is 4.62. The monoisotopic (exact) mass is 302 g/mol. The van der Waals surface area contributed by atoms with Crippen LogP contribution in [0.25, 0.3) is 0 Å². The molecule has 2 aliphatic rings. The van der Waals surface area contributed by atoms with Crippen molar-refractivity contribution in [3.63, 3.8) is 0 Å². The molecule has 3 rings (SSSR count). The number of rotatable bonds is 4. The molecular formula is C18H22O4. The van der Waals surface area contributed by atoms with Gasteiger partial charge in [-0.05, 0) is 37.8 Å². The molecule has 22 heavy (non-hydrogen) atoms. The van der Waals surface area contributed by atoms with Crippen LogP contribution in [0.5, 0.6) is 11.5 Å². The van der Waals surface area contributed by atoms with E-state index in [1.165, 1.54) is 0 Å². The normalized spacial score (nSPS) is 19.3. The Balaban J connectivity index is 1.59. The summed E-state index contributed by atoms with van der Waals surface area (Å²) in [5.74, 6) is 0.602. The molecule has 0 amide bonds. The van der Waals surface area contributed by atoms with Crippen LogP contribution in [0.1, 0.15) is 51.4 Å². The molecule has 0 radical (unpaired) electrons. The maximum Gasteiger partial charge on any atom is 0.314 e. The maximum atomic E-state index is 12.0. The van der Waals surface area contributed by atoms with Gasteiger partial charge in [0.05, 0.1) is 11.8 Å². The van der Waals surface area contributed by atoms with E-state index in [0.29, 0.717) is 11.5 Å². The Hall–Kier alpha value is -1.84. The number of carbonyl (C=O) groups is 2. The second-order valence-corrected chi connectivity index (χ2v) is 6.28. The molecule has 0 N–H and O–H groups in total. The molecular weight excluding hydrogens is 280 g/mol. The Labute approximate surface area is 130 Å². The molecule has 2 aliphatic carbocycles. The fraction of sp³-hybridized carbons (Fsp3) is 0.556. The number of benzene rings is 1. The molecule has 2 fully saturated rings. The summed E-state index contributed by atoms with van der Waals surface area (Å²) >= 11 is 0. The summed E-state index contributed by atoms with van der Waals surface area (Å²) in [6, 6.07) is 6.81. The average molecular weight is 302 g/mol. The first-order chi connectivity index (χ1) is 10.7. The van der Waals surface area contributed by atoms with Gasteiger partial charge in [-0.2, -0.15) is 0 Å². The number of ether oxygens (including phenoxy) is 2. The molecule has 0 aromatic heterocycles. The van der Waals surface area contributed by atoms with Gasteiger partial charge in [0.2, 0.25) is 0 Å². The van der Waals surface area contributed by atoms with Crippen molar-refractivity contribution in [2.75, 3.05) is 0 Å². The van der Waals surface area contributed by atoms with E-state index in [1.807, 2.05) is 0 Å². The highest BCUT2D eigenvalue weighted by Crippen LogP contribution is 2.29. The summed E-state index contributed by atoms with van der Waals surface area (Å²) in [5.41, 5.74) is 0. The van der Waals surface area contributed by atoms with Gasteiger partial charge in [0.1, 0.15) is 11.5 Å². The molecule has 0 saturated heterocycles. The summed E-state index contributed by atoms with van der Waals surface area (Å²) in [6.45, 7) is 0. The zero-order valence-corrected chi connectivity index (χ0v) is 12.8. The highest BCUT2D eigenvalue weighted by atomic mass is 16.5. The predicted octanol–water partition coefficient (Wildman–Crippen LogP) is 3.88. The number of hydrogen-bond donors (Lipinski definition) is 0. The topological polar surface area (TPSA) is 52.6 Å². The predicted molar refractivity (Wildman–Crippen MR) is 81.6 cm³/mol. The standard InChI is InChI=1S/C18H22O4/c19-17(13-6-1-2-7-13)21-15-10-5-11-16(12-15)22-18(20)14-8-3-4-9-14/h5,10-14H,1-4,6-9H2. The van der Waals surface area contributed by atoms with E-state index in [9.17, 15) is 9.59 Å². The van der Waals surface area contributed by atoms with Crippen molar-refractivity contribution < 1.29 is 19.1 Å². The summed E-state index contributed by atoms with van der Waals surface area (Å²) in [7, 11) is 0. The third-order valence-electron chi connectivity index (χ3n) is 4.62. The van der Waals surface area contributed by atoms with Crippen molar-refractivity contribution >= 4 is 11.9 Å². The van der Waals surface area contributed by atoms with E-state index in [4.69, 9.17) is 9.47 Å². The highest BCUT2D eigenvalue weighted by molar-refractivity contribution is 5.77. The van der Waals surface area contributed by atoms with Crippen molar-refractivity contribution in [3.8, 4) is 11.5 Å². The molecule has 118 valence electrons. The van der Waals surface area contributed by atoms with E-state index >= 15 is 0 Å². The van der Waals surface area contributed by atoms with E-state index in [1.54, 1.807) is 24.3 Å². The van der Waals surface area contributed by atoms with E-state index in [2.05, 4.69) is 0 Å². The molecule has 0 atom stereocenters. The Morgan fingerprint density at radius 3 is 1.59 bits per heavy atom. The van der Waals surface area contributed by atoms with Gasteiger partial charge in [-0.1, -0.05) is 31.7 Å². The second kappa shape index (κ2) is 6.95. The Morgan fingerprint density at radius 2 is 1.18 bits per heavy atom. The minimum Gasteiger partial charge on any atom is -0.426 e. The van der Waals surface area contributed by atoms with Crippen LogP contribution in [-0.4, -0.2) is 11.9 Å². The van der Waals surface area contributed by atoms with Gasteiger partial charge in [0.15, 0.2) is 0 Å². The van der Waals surface area contributed by atoms with E-state index in [0.717, 1.165) is 51.4 Å². The van der Waals surface area contributed by atoms with Crippen LogP contribution < -0.4 is 9.47 Å².